The van der Waals surface area contributed by atoms with Crippen LogP contribution in [0.5, 0.6) is 11.5 Å². The maximum atomic E-state index is 11.1. The van der Waals surface area contributed by atoms with Crippen LogP contribution in [0.25, 0.3) is 76.1 Å². The molecule has 2 heteroatoms. The van der Waals surface area contributed by atoms with E-state index in [-0.39, 0.29) is 11.5 Å². The number of hydrogen-bond donors (Lipinski definition) is 2. The Balaban J connectivity index is 1.44. The van der Waals surface area contributed by atoms with Crippen LogP contribution in [0.15, 0.2) is 121 Å². The summed E-state index contributed by atoms with van der Waals surface area (Å²) in [5.74, 6) is 0.574. The summed E-state index contributed by atoms with van der Waals surface area (Å²) in [4.78, 5) is 0. The lowest BCUT2D eigenvalue weighted by molar-refractivity contribution is 0.481. The predicted molar refractivity (Wildman–Crippen MR) is 178 cm³/mol. The van der Waals surface area contributed by atoms with E-state index in [1.54, 1.807) is 12.1 Å². The van der Waals surface area contributed by atoms with Gasteiger partial charge in [0, 0.05) is 10.8 Å². The molecule has 0 aliphatic rings. The van der Waals surface area contributed by atoms with Gasteiger partial charge in [0.1, 0.15) is 11.5 Å². The highest BCUT2D eigenvalue weighted by molar-refractivity contribution is 6.18. The highest BCUT2D eigenvalue weighted by Crippen LogP contribution is 2.44. The zero-order valence-electron chi connectivity index (χ0n) is 23.4. The van der Waals surface area contributed by atoms with Crippen molar-refractivity contribution >= 4 is 53.9 Å². The fourth-order valence-electron chi connectivity index (χ4n) is 6.92. The van der Waals surface area contributed by atoms with Gasteiger partial charge in [-0.25, -0.2) is 0 Å². The van der Waals surface area contributed by atoms with E-state index >= 15 is 0 Å². The first kappa shape index (κ1) is 24.5. The van der Waals surface area contributed by atoms with Crippen LogP contribution in [0.2, 0.25) is 0 Å². The van der Waals surface area contributed by atoms with Crippen LogP contribution in [0.3, 0.4) is 0 Å². The third-order valence-corrected chi connectivity index (χ3v) is 8.94. The first-order valence-corrected chi connectivity index (χ1v) is 14.3. The maximum Gasteiger partial charge on any atom is 0.124 e. The molecule has 0 radical (unpaired) electrons. The van der Waals surface area contributed by atoms with E-state index in [0.29, 0.717) is 0 Å². The van der Waals surface area contributed by atoms with Crippen LogP contribution in [-0.4, -0.2) is 10.2 Å². The minimum atomic E-state index is 0.285. The van der Waals surface area contributed by atoms with Crippen molar-refractivity contribution in [3.8, 4) is 33.8 Å². The number of hydrogen-bond acceptors (Lipinski definition) is 2. The fourth-order valence-corrected chi connectivity index (χ4v) is 6.92. The summed E-state index contributed by atoms with van der Waals surface area (Å²) in [7, 11) is 0. The van der Waals surface area contributed by atoms with Gasteiger partial charge in [-0.2, -0.15) is 0 Å². The second-order valence-electron chi connectivity index (χ2n) is 11.3. The summed E-state index contributed by atoms with van der Waals surface area (Å²) in [5.41, 5.74) is 6.56. The van der Waals surface area contributed by atoms with Crippen LogP contribution in [0.4, 0.5) is 0 Å². The van der Waals surface area contributed by atoms with Gasteiger partial charge < -0.3 is 10.2 Å². The van der Waals surface area contributed by atoms with Gasteiger partial charge in [0.25, 0.3) is 0 Å². The second kappa shape index (κ2) is 9.09. The van der Waals surface area contributed by atoms with Crippen molar-refractivity contribution in [2.75, 3.05) is 0 Å². The van der Waals surface area contributed by atoms with Gasteiger partial charge >= 0.3 is 0 Å². The molecule has 0 unspecified atom stereocenters. The van der Waals surface area contributed by atoms with Crippen LogP contribution >= 0.6 is 0 Å². The van der Waals surface area contributed by atoms with Crippen molar-refractivity contribution in [1.82, 2.24) is 0 Å². The van der Waals surface area contributed by atoms with Crippen LogP contribution in [-0.2, 0) is 0 Å². The number of benzene rings is 8. The Morgan fingerprint density at radius 1 is 0.405 bits per heavy atom. The average Bonchev–Trinajstić information content (AvgIpc) is 3.02. The van der Waals surface area contributed by atoms with E-state index < -0.39 is 0 Å². The third-order valence-electron chi connectivity index (χ3n) is 8.94. The van der Waals surface area contributed by atoms with Crippen molar-refractivity contribution < 1.29 is 10.2 Å². The number of aryl methyl sites for hydroxylation is 2. The van der Waals surface area contributed by atoms with Gasteiger partial charge in [0.2, 0.25) is 0 Å². The van der Waals surface area contributed by atoms with Crippen molar-refractivity contribution in [2.45, 2.75) is 13.8 Å². The molecule has 0 atom stereocenters. The Labute approximate surface area is 243 Å². The largest absolute Gasteiger partial charge is 0.507 e. The van der Waals surface area contributed by atoms with Crippen molar-refractivity contribution in [1.29, 1.82) is 0 Å². The molecule has 0 aliphatic carbocycles. The SMILES string of the molecule is Cc1cc(-c2cc3ccccc3c3cccc(O)c23)c(C)c2cc(-c3cc4ccccc4c4cccc(O)c34)ccc12. The molecule has 200 valence electrons. The number of aromatic hydroxyl groups is 2. The summed E-state index contributed by atoms with van der Waals surface area (Å²) in [5, 5.41) is 32.9. The summed E-state index contributed by atoms with van der Waals surface area (Å²) < 4.78 is 0. The number of phenolic OH excluding ortho intramolecular Hbond substituents is 2. The molecule has 8 aromatic rings. The van der Waals surface area contributed by atoms with Gasteiger partial charge in [-0.05, 0) is 121 Å². The molecular weight excluding hydrogens is 512 g/mol. The second-order valence-corrected chi connectivity index (χ2v) is 11.3. The van der Waals surface area contributed by atoms with Crippen molar-refractivity contribution in [3.05, 3.63) is 132 Å². The van der Waals surface area contributed by atoms with E-state index in [1.807, 2.05) is 24.3 Å². The molecule has 0 bridgehead atoms. The molecule has 0 saturated carbocycles. The summed E-state index contributed by atoms with van der Waals surface area (Å²) in [6, 6.07) is 41.6. The molecule has 0 heterocycles. The van der Waals surface area contributed by atoms with E-state index in [4.69, 9.17) is 0 Å². The van der Waals surface area contributed by atoms with E-state index in [0.717, 1.165) is 76.3 Å². The van der Waals surface area contributed by atoms with Crippen LogP contribution in [0.1, 0.15) is 11.1 Å². The lowest BCUT2D eigenvalue weighted by Crippen LogP contribution is -1.93. The molecule has 2 N–H and O–H groups in total. The first-order valence-electron chi connectivity index (χ1n) is 14.3. The first-order chi connectivity index (χ1) is 20.5. The minimum absolute atomic E-state index is 0.285. The van der Waals surface area contributed by atoms with Gasteiger partial charge in [-0.15, -0.1) is 0 Å². The molecule has 0 amide bonds. The Bertz CT molecular complexity index is 2400. The molecule has 8 aromatic carbocycles. The lowest BCUT2D eigenvalue weighted by atomic mass is 9.86. The normalized spacial score (nSPS) is 11.8. The molecule has 0 spiro atoms. The van der Waals surface area contributed by atoms with E-state index in [1.165, 1.54) is 10.9 Å². The smallest absolute Gasteiger partial charge is 0.124 e. The number of phenols is 2. The Hall–Kier alpha value is -5.34. The van der Waals surface area contributed by atoms with Gasteiger partial charge in [-0.3, -0.25) is 0 Å². The monoisotopic (exact) mass is 540 g/mol. The van der Waals surface area contributed by atoms with Gasteiger partial charge in [0.15, 0.2) is 0 Å². The predicted octanol–water partition coefficient (Wildman–Crippen LogP) is 10.8. The van der Waals surface area contributed by atoms with Crippen molar-refractivity contribution in [2.24, 2.45) is 0 Å². The van der Waals surface area contributed by atoms with Crippen LogP contribution in [0, 0.1) is 13.8 Å². The van der Waals surface area contributed by atoms with E-state index in [2.05, 4.69) is 98.8 Å². The quantitative estimate of drug-likeness (QED) is 0.214. The summed E-state index contributed by atoms with van der Waals surface area (Å²) in [6.45, 7) is 4.34. The third kappa shape index (κ3) is 3.52. The van der Waals surface area contributed by atoms with E-state index in [9.17, 15) is 10.2 Å². The average molecular weight is 541 g/mol. The highest BCUT2D eigenvalue weighted by Gasteiger charge is 2.18. The molecule has 0 aromatic heterocycles. The topological polar surface area (TPSA) is 40.5 Å². The van der Waals surface area contributed by atoms with Gasteiger partial charge in [-0.1, -0.05) is 91.0 Å². The fraction of sp³-hybridized carbons (Fsp3) is 0.0500. The molecule has 42 heavy (non-hydrogen) atoms. The van der Waals surface area contributed by atoms with Gasteiger partial charge in [0.05, 0.1) is 0 Å². The maximum absolute atomic E-state index is 11.1. The minimum Gasteiger partial charge on any atom is -0.507 e. The number of rotatable bonds is 2. The Kier molecular flexibility index (Phi) is 5.29. The zero-order chi connectivity index (χ0) is 28.5. The Morgan fingerprint density at radius 2 is 0.952 bits per heavy atom. The summed E-state index contributed by atoms with van der Waals surface area (Å²) >= 11 is 0. The molecular formula is C40H28O2. The number of fused-ring (bicyclic) bond motifs is 7. The molecule has 0 fully saturated rings. The lowest BCUT2D eigenvalue weighted by Gasteiger charge is -2.18. The molecule has 8 rings (SSSR count). The summed E-state index contributed by atoms with van der Waals surface area (Å²) in [6.07, 6.45) is 0. The molecule has 2 nitrogen and oxygen atoms in total. The molecule has 0 aliphatic heterocycles. The zero-order valence-corrected chi connectivity index (χ0v) is 23.4. The highest BCUT2D eigenvalue weighted by atomic mass is 16.3. The standard InChI is InChI=1S/C40H28O2/c1-23-19-33(36-22-26-10-4-6-12-30(26)32-14-8-16-38(42)40(32)36)24(2)34-20-27(17-18-28(23)34)35-21-25-9-3-5-11-29(25)31-13-7-15-37(41)39(31)35/h3-22,41-42H,1-2H3. The van der Waals surface area contributed by atoms with Crippen molar-refractivity contribution in [3.63, 3.8) is 0 Å². The van der Waals surface area contributed by atoms with Crippen LogP contribution < -0.4 is 0 Å². The molecule has 0 saturated heterocycles. The Morgan fingerprint density at radius 3 is 1.60 bits per heavy atom.